The number of aliphatic hydroxyl groups is 1. The van der Waals surface area contributed by atoms with Crippen molar-refractivity contribution in [1.82, 2.24) is 0 Å². The van der Waals surface area contributed by atoms with Gasteiger partial charge in [-0.2, -0.15) is 0 Å². The van der Waals surface area contributed by atoms with Crippen LogP contribution >= 0.6 is 0 Å². The van der Waals surface area contributed by atoms with Crippen molar-refractivity contribution in [3.05, 3.63) is 29.8 Å². The highest BCUT2D eigenvalue weighted by Gasteiger charge is 2.17. The number of carbonyl (C=O) groups excluding carboxylic acids is 1. The van der Waals surface area contributed by atoms with Crippen molar-refractivity contribution in [1.29, 1.82) is 0 Å². The van der Waals surface area contributed by atoms with Gasteiger partial charge in [0, 0.05) is 24.3 Å². The Hall–Kier alpha value is -1.35. The van der Waals surface area contributed by atoms with Crippen LogP contribution in [0.25, 0.3) is 0 Å². The Kier molecular flexibility index (Phi) is 3.25. The monoisotopic (exact) mass is 219 g/mol. The molecular formula is C13H17NO2. The Morgan fingerprint density at radius 2 is 2.06 bits per heavy atom. The molecule has 0 atom stereocenters. The van der Waals surface area contributed by atoms with E-state index in [1.807, 2.05) is 24.3 Å². The molecule has 1 saturated heterocycles. The molecule has 0 bridgehead atoms. The first-order valence-corrected chi connectivity index (χ1v) is 5.71. The molecule has 1 aliphatic heterocycles. The molecule has 0 aliphatic carbocycles. The van der Waals surface area contributed by atoms with Gasteiger partial charge in [0.05, 0.1) is 6.10 Å². The van der Waals surface area contributed by atoms with Gasteiger partial charge in [0.25, 0.3) is 0 Å². The maximum absolute atomic E-state index is 11.3. The van der Waals surface area contributed by atoms with E-state index in [0.29, 0.717) is 0 Å². The highest BCUT2D eigenvalue weighted by atomic mass is 16.3. The lowest BCUT2D eigenvalue weighted by Gasteiger charge is -2.31. The largest absolute Gasteiger partial charge is 0.393 e. The Balaban J connectivity index is 2.14. The van der Waals surface area contributed by atoms with Gasteiger partial charge in [-0.1, -0.05) is 12.1 Å². The molecule has 3 nitrogen and oxygen atoms in total. The number of nitrogens with zero attached hydrogens (tertiary/aromatic N) is 1. The highest BCUT2D eigenvalue weighted by molar-refractivity contribution is 5.94. The predicted molar refractivity (Wildman–Crippen MR) is 63.9 cm³/mol. The average molecular weight is 219 g/mol. The molecule has 1 fully saturated rings. The third-order valence-corrected chi connectivity index (χ3v) is 3.08. The minimum absolute atomic E-state index is 0.0962. The second kappa shape index (κ2) is 4.66. The Morgan fingerprint density at radius 3 is 2.69 bits per heavy atom. The van der Waals surface area contributed by atoms with Crippen LogP contribution in [0.5, 0.6) is 0 Å². The molecule has 0 saturated carbocycles. The zero-order chi connectivity index (χ0) is 11.5. The summed E-state index contributed by atoms with van der Waals surface area (Å²) in [5.41, 5.74) is 1.84. The van der Waals surface area contributed by atoms with E-state index in [1.54, 1.807) is 6.92 Å². The van der Waals surface area contributed by atoms with Crippen LogP contribution in [0, 0.1) is 0 Å². The summed E-state index contributed by atoms with van der Waals surface area (Å²) in [7, 11) is 0. The quantitative estimate of drug-likeness (QED) is 0.772. The molecule has 0 radical (unpaired) electrons. The first-order valence-electron chi connectivity index (χ1n) is 5.71. The van der Waals surface area contributed by atoms with E-state index < -0.39 is 0 Å². The lowest BCUT2D eigenvalue weighted by atomic mass is 10.1. The van der Waals surface area contributed by atoms with Gasteiger partial charge in [-0.3, -0.25) is 4.79 Å². The number of piperidine rings is 1. The van der Waals surface area contributed by atoms with E-state index in [2.05, 4.69) is 4.90 Å². The molecule has 86 valence electrons. The fourth-order valence-corrected chi connectivity index (χ4v) is 2.05. The lowest BCUT2D eigenvalue weighted by molar-refractivity contribution is 0.101. The van der Waals surface area contributed by atoms with Crippen molar-refractivity contribution in [2.45, 2.75) is 25.9 Å². The van der Waals surface area contributed by atoms with E-state index in [0.717, 1.165) is 37.2 Å². The summed E-state index contributed by atoms with van der Waals surface area (Å²) in [5.74, 6) is 0.0962. The first-order chi connectivity index (χ1) is 7.66. The number of benzene rings is 1. The Bertz CT molecular complexity index is 381. The van der Waals surface area contributed by atoms with Crippen LogP contribution in [-0.2, 0) is 0 Å². The fourth-order valence-electron chi connectivity index (χ4n) is 2.05. The molecule has 1 aromatic rings. The number of carbonyl (C=O) groups is 1. The van der Waals surface area contributed by atoms with E-state index in [1.165, 1.54) is 0 Å². The predicted octanol–water partition coefficient (Wildman–Crippen LogP) is 1.85. The number of anilines is 1. The summed E-state index contributed by atoms with van der Waals surface area (Å²) in [6, 6.07) is 7.70. The first kappa shape index (κ1) is 11.1. The molecule has 1 aromatic carbocycles. The standard InChI is InChI=1S/C13H17NO2/c1-10(15)11-3-2-4-12(9-11)14-7-5-13(16)6-8-14/h2-4,9,13,16H,5-8H2,1H3. The van der Waals surface area contributed by atoms with Gasteiger partial charge < -0.3 is 10.0 Å². The summed E-state index contributed by atoms with van der Waals surface area (Å²) >= 11 is 0. The van der Waals surface area contributed by atoms with E-state index in [9.17, 15) is 9.90 Å². The number of hydrogen-bond acceptors (Lipinski definition) is 3. The maximum atomic E-state index is 11.3. The van der Waals surface area contributed by atoms with Crippen molar-refractivity contribution >= 4 is 11.5 Å². The average Bonchev–Trinajstić information content (AvgIpc) is 2.30. The smallest absolute Gasteiger partial charge is 0.159 e. The van der Waals surface area contributed by atoms with Crippen LogP contribution in [0.2, 0.25) is 0 Å². The van der Waals surface area contributed by atoms with Crippen molar-refractivity contribution in [3.8, 4) is 0 Å². The molecule has 2 rings (SSSR count). The second-order valence-electron chi connectivity index (χ2n) is 4.32. The molecule has 3 heteroatoms. The van der Waals surface area contributed by atoms with Gasteiger partial charge in [0.1, 0.15) is 0 Å². The minimum Gasteiger partial charge on any atom is -0.393 e. The third-order valence-electron chi connectivity index (χ3n) is 3.08. The Labute approximate surface area is 95.7 Å². The van der Waals surface area contributed by atoms with Crippen molar-refractivity contribution in [2.75, 3.05) is 18.0 Å². The van der Waals surface area contributed by atoms with Crippen LogP contribution in [-0.4, -0.2) is 30.1 Å². The number of Topliss-reactive ketones (excluding diaryl/α,β-unsaturated/α-hetero) is 1. The van der Waals surface area contributed by atoms with E-state index in [-0.39, 0.29) is 11.9 Å². The molecule has 1 heterocycles. The van der Waals surface area contributed by atoms with Crippen LogP contribution in [0.15, 0.2) is 24.3 Å². The van der Waals surface area contributed by atoms with E-state index >= 15 is 0 Å². The number of hydrogen-bond donors (Lipinski definition) is 1. The van der Waals surface area contributed by atoms with Crippen LogP contribution < -0.4 is 4.90 Å². The number of rotatable bonds is 2. The van der Waals surface area contributed by atoms with Crippen LogP contribution in [0.1, 0.15) is 30.1 Å². The SMILES string of the molecule is CC(=O)c1cccc(N2CCC(O)CC2)c1. The summed E-state index contributed by atoms with van der Waals surface area (Å²) in [6.45, 7) is 3.31. The van der Waals surface area contributed by atoms with Crippen molar-refractivity contribution in [2.24, 2.45) is 0 Å². The van der Waals surface area contributed by atoms with Gasteiger partial charge in [-0.05, 0) is 31.9 Å². The van der Waals surface area contributed by atoms with Crippen LogP contribution in [0.3, 0.4) is 0 Å². The molecule has 0 unspecified atom stereocenters. The summed E-state index contributed by atoms with van der Waals surface area (Å²) in [5, 5.41) is 9.44. The zero-order valence-corrected chi connectivity index (χ0v) is 9.52. The molecule has 1 aliphatic rings. The highest BCUT2D eigenvalue weighted by Crippen LogP contribution is 2.21. The fraction of sp³-hybridized carbons (Fsp3) is 0.462. The normalized spacial score (nSPS) is 17.5. The van der Waals surface area contributed by atoms with Gasteiger partial charge in [0.2, 0.25) is 0 Å². The molecule has 0 aromatic heterocycles. The number of ketones is 1. The minimum atomic E-state index is -0.160. The van der Waals surface area contributed by atoms with Crippen LogP contribution in [0.4, 0.5) is 5.69 Å². The molecule has 0 spiro atoms. The van der Waals surface area contributed by atoms with Gasteiger partial charge in [-0.25, -0.2) is 0 Å². The molecule has 0 amide bonds. The number of aliphatic hydroxyl groups excluding tert-OH is 1. The van der Waals surface area contributed by atoms with Gasteiger partial charge >= 0.3 is 0 Å². The Morgan fingerprint density at radius 1 is 1.38 bits per heavy atom. The summed E-state index contributed by atoms with van der Waals surface area (Å²) < 4.78 is 0. The summed E-state index contributed by atoms with van der Waals surface area (Å²) in [6.07, 6.45) is 1.46. The zero-order valence-electron chi connectivity index (χ0n) is 9.52. The third kappa shape index (κ3) is 2.42. The second-order valence-corrected chi connectivity index (χ2v) is 4.32. The molecular weight excluding hydrogens is 202 g/mol. The molecule has 16 heavy (non-hydrogen) atoms. The van der Waals surface area contributed by atoms with Crippen molar-refractivity contribution < 1.29 is 9.90 Å². The maximum Gasteiger partial charge on any atom is 0.159 e. The topological polar surface area (TPSA) is 40.5 Å². The van der Waals surface area contributed by atoms with E-state index in [4.69, 9.17) is 0 Å². The van der Waals surface area contributed by atoms with Gasteiger partial charge in [-0.15, -0.1) is 0 Å². The summed E-state index contributed by atoms with van der Waals surface area (Å²) in [4.78, 5) is 13.5. The van der Waals surface area contributed by atoms with Gasteiger partial charge in [0.15, 0.2) is 5.78 Å². The van der Waals surface area contributed by atoms with Crippen molar-refractivity contribution in [3.63, 3.8) is 0 Å². The molecule has 1 N–H and O–H groups in total. The lowest BCUT2D eigenvalue weighted by Crippen LogP contribution is -2.35.